The lowest BCUT2D eigenvalue weighted by molar-refractivity contribution is 0.0450. The van der Waals surface area contributed by atoms with Gasteiger partial charge in [0.15, 0.2) is 0 Å². The van der Waals surface area contributed by atoms with E-state index in [1.165, 1.54) is 0 Å². The summed E-state index contributed by atoms with van der Waals surface area (Å²) in [7, 11) is 0. The van der Waals surface area contributed by atoms with Crippen molar-refractivity contribution in [3.63, 3.8) is 0 Å². The zero-order chi connectivity index (χ0) is 19.4. The largest absolute Gasteiger partial charge is 0.490 e. The highest BCUT2D eigenvalue weighted by atomic mass is 16.6. The van der Waals surface area contributed by atoms with Crippen LogP contribution in [-0.4, -0.2) is 32.4 Å². The van der Waals surface area contributed by atoms with Crippen molar-refractivity contribution < 1.29 is 23.7 Å². The highest BCUT2D eigenvalue weighted by molar-refractivity contribution is 5.89. The van der Waals surface area contributed by atoms with E-state index in [-0.39, 0.29) is 6.61 Å². The van der Waals surface area contributed by atoms with Crippen molar-refractivity contribution in [1.29, 1.82) is 0 Å². The summed E-state index contributed by atoms with van der Waals surface area (Å²) in [6, 6.07) is 25.8. The van der Waals surface area contributed by atoms with Crippen molar-refractivity contribution in [2.75, 3.05) is 26.4 Å². The summed E-state index contributed by atoms with van der Waals surface area (Å²) >= 11 is 0. The van der Waals surface area contributed by atoms with Gasteiger partial charge < -0.3 is 18.9 Å². The number of ether oxygens (including phenoxy) is 4. The van der Waals surface area contributed by atoms with Crippen LogP contribution in [0.4, 0.5) is 0 Å². The maximum Gasteiger partial charge on any atom is 0.338 e. The summed E-state index contributed by atoms with van der Waals surface area (Å²) in [5.74, 6) is 1.83. The molecule has 0 amide bonds. The Morgan fingerprint density at radius 2 is 0.964 bits per heavy atom. The lowest BCUT2D eigenvalue weighted by Gasteiger charge is -2.09. The Hall–Kier alpha value is -3.47. The van der Waals surface area contributed by atoms with Crippen LogP contribution in [0, 0.1) is 0 Å². The third-order valence-corrected chi connectivity index (χ3v) is 3.78. The van der Waals surface area contributed by atoms with Crippen LogP contribution in [0.25, 0.3) is 0 Å². The summed E-state index contributed by atoms with van der Waals surface area (Å²) in [6.07, 6.45) is 0. The Bertz CT molecular complexity index is 832. The summed E-state index contributed by atoms with van der Waals surface area (Å²) in [5, 5.41) is 0. The molecule has 0 saturated heterocycles. The average Bonchev–Trinajstić information content (AvgIpc) is 2.76. The summed E-state index contributed by atoms with van der Waals surface area (Å²) in [6.45, 7) is 1.34. The third kappa shape index (κ3) is 6.36. The number of benzene rings is 3. The first kappa shape index (κ1) is 19.3. The minimum Gasteiger partial charge on any atom is -0.490 e. The maximum absolute atomic E-state index is 12.0. The van der Waals surface area contributed by atoms with Crippen molar-refractivity contribution in [3.05, 3.63) is 90.5 Å². The molecule has 3 aromatic carbocycles. The number of hydrogen-bond donors (Lipinski definition) is 0. The maximum atomic E-state index is 12.0. The minimum absolute atomic E-state index is 0.183. The van der Waals surface area contributed by atoms with E-state index in [0.29, 0.717) is 31.1 Å². The van der Waals surface area contributed by atoms with E-state index in [9.17, 15) is 4.79 Å². The van der Waals surface area contributed by atoms with E-state index >= 15 is 0 Å². The first-order chi connectivity index (χ1) is 13.8. The molecule has 3 rings (SSSR count). The van der Waals surface area contributed by atoms with E-state index in [1.54, 1.807) is 24.3 Å². The molecule has 0 aliphatic heterocycles. The summed E-state index contributed by atoms with van der Waals surface area (Å²) in [5.41, 5.74) is 0.465. The molecule has 0 bridgehead atoms. The molecule has 144 valence electrons. The Morgan fingerprint density at radius 3 is 1.46 bits per heavy atom. The van der Waals surface area contributed by atoms with Crippen LogP contribution in [0.5, 0.6) is 17.2 Å². The van der Waals surface area contributed by atoms with Crippen LogP contribution in [0.2, 0.25) is 0 Å². The zero-order valence-electron chi connectivity index (χ0n) is 15.5. The first-order valence-electron chi connectivity index (χ1n) is 9.07. The molecular weight excluding hydrogens is 356 g/mol. The Kier molecular flexibility index (Phi) is 7.32. The van der Waals surface area contributed by atoms with Crippen molar-refractivity contribution >= 4 is 5.97 Å². The normalized spacial score (nSPS) is 10.1. The van der Waals surface area contributed by atoms with Crippen molar-refractivity contribution in [2.45, 2.75) is 0 Å². The molecule has 5 nitrogen and oxygen atoms in total. The molecule has 0 fully saturated rings. The van der Waals surface area contributed by atoms with Gasteiger partial charge in [0.2, 0.25) is 0 Å². The molecule has 0 unspecified atom stereocenters. The number of para-hydroxylation sites is 2. The molecule has 0 saturated carbocycles. The standard InChI is InChI=1S/C23H22O5/c24-23(28-18-17-26-21-9-5-2-6-10-21)19-11-13-22(14-12-19)27-16-15-25-20-7-3-1-4-8-20/h1-14H,15-18H2. The Morgan fingerprint density at radius 1 is 0.536 bits per heavy atom. The van der Waals surface area contributed by atoms with Crippen LogP contribution in [0.15, 0.2) is 84.9 Å². The molecule has 3 aromatic rings. The van der Waals surface area contributed by atoms with Crippen molar-refractivity contribution in [3.8, 4) is 17.2 Å². The van der Waals surface area contributed by atoms with Crippen LogP contribution in [0.1, 0.15) is 10.4 Å². The fourth-order valence-electron chi connectivity index (χ4n) is 2.42. The zero-order valence-corrected chi connectivity index (χ0v) is 15.5. The SMILES string of the molecule is O=C(OCCOc1ccccc1)c1ccc(OCCOc2ccccc2)cc1. The molecule has 0 aliphatic carbocycles. The molecule has 0 aromatic heterocycles. The molecule has 5 heteroatoms. The number of rotatable bonds is 10. The second-order valence-corrected chi connectivity index (χ2v) is 5.83. The molecule has 0 atom stereocenters. The number of esters is 1. The number of carbonyl (C=O) groups is 1. The van der Waals surface area contributed by atoms with Crippen LogP contribution >= 0.6 is 0 Å². The van der Waals surface area contributed by atoms with Crippen LogP contribution in [0.3, 0.4) is 0 Å². The molecule has 0 aliphatic rings. The van der Waals surface area contributed by atoms with Gasteiger partial charge in [-0.2, -0.15) is 0 Å². The summed E-state index contributed by atoms with van der Waals surface area (Å²) in [4.78, 5) is 12.0. The van der Waals surface area contributed by atoms with E-state index in [0.717, 1.165) is 11.5 Å². The Labute approximate surface area is 164 Å². The highest BCUT2D eigenvalue weighted by Gasteiger charge is 2.07. The van der Waals surface area contributed by atoms with Gasteiger partial charge in [-0.25, -0.2) is 4.79 Å². The molecule has 28 heavy (non-hydrogen) atoms. The van der Waals surface area contributed by atoms with Gasteiger partial charge in [-0.05, 0) is 48.5 Å². The first-order valence-corrected chi connectivity index (χ1v) is 9.07. The third-order valence-electron chi connectivity index (χ3n) is 3.78. The van der Waals surface area contributed by atoms with E-state index in [2.05, 4.69) is 0 Å². The van der Waals surface area contributed by atoms with Gasteiger partial charge in [-0.1, -0.05) is 36.4 Å². The average molecular weight is 378 g/mol. The van der Waals surface area contributed by atoms with Gasteiger partial charge in [0.05, 0.1) is 5.56 Å². The van der Waals surface area contributed by atoms with Gasteiger partial charge in [0, 0.05) is 0 Å². The van der Waals surface area contributed by atoms with Crippen LogP contribution < -0.4 is 14.2 Å². The molecule has 0 heterocycles. The monoisotopic (exact) mass is 378 g/mol. The van der Waals surface area contributed by atoms with Crippen molar-refractivity contribution in [1.82, 2.24) is 0 Å². The lowest BCUT2D eigenvalue weighted by Crippen LogP contribution is -2.12. The second-order valence-electron chi connectivity index (χ2n) is 5.83. The van der Waals surface area contributed by atoms with Gasteiger partial charge in [0.25, 0.3) is 0 Å². The predicted octanol–water partition coefficient (Wildman–Crippen LogP) is 4.38. The molecule has 0 radical (unpaired) electrons. The number of hydrogen-bond acceptors (Lipinski definition) is 5. The second kappa shape index (κ2) is 10.6. The fraction of sp³-hybridized carbons (Fsp3) is 0.174. The molecule has 0 spiro atoms. The van der Waals surface area contributed by atoms with Gasteiger partial charge >= 0.3 is 5.97 Å². The molecule has 0 N–H and O–H groups in total. The highest BCUT2D eigenvalue weighted by Crippen LogP contribution is 2.14. The number of carbonyl (C=O) groups excluding carboxylic acids is 1. The predicted molar refractivity (Wildman–Crippen MR) is 106 cm³/mol. The van der Waals surface area contributed by atoms with Gasteiger partial charge in [-0.3, -0.25) is 0 Å². The lowest BCUT2D eigenvalue weighted by atomic mass is 10.2. The van der Waals surface area contributed by atoms with E-state index in [4.69, 9.17) is 18.9 Å². The van der Waals surface area contributed by atoms with Crippen molar-refractivity contribution in [2.24, 2.45) is 0 Å². The fourth-order valence-corrected chi connectivity index (χ4v) is 2.42. The van der Waals surface area contributed by atoms with Crippen LogP contribution in [-0.2, 0) is 4.74 Å². The quantitative estimate of drug-likeness (QED) is 0.387. The minimum atomic E-state index is -0.393. The molecular formula is C23H22O5. The van der Waals surface area contributed by atoms with E-state index in [1.807, 2.05) is 60.7 Å². The van der Waals surface area contributed by atoms with Gasteiger partial charge in [-0.15, -0.1) is 0 Å². The topological polar surface area (TPSA) is 54.0 Å². The van der Waals surface area contributed by atoms with E-state index < -0.39 is 5.97 Å². The van der Waals surface area contributed by atoms with Gasteiger partial charge in [0.1, 0.15) is 43.7 Å². The Balaban J connectivity index is 1.34. The summed E-state index contributed by atoms with van der Waals surface area (Å²) < 4.78 is 21.9. The smallest absolute Gasteiger partial charge is 0.338 e.